The molecule has 0 bridgehead atoms. The zero-order valence-corrected chi connectivity index (χ0v) is 8.76. The Morgan fingerprint density at radius 1 is 1.50 bits per heavy atom. The Labute approximate surface area is 98.0 Å². The summed E-state index contributed by atoms with van der Waals surface area (Å²) < 4.78 is 61.4. The molecule has 0 fully saturated rings. The quantitative estimate of drug-likeness (QED) is 0.812. The SMILES string of the molecule is Nc1ncc(F)cc1C(=O)NCC(F)(F)C(F)F. The monoisotopic (exact) mass is 269 g/mol. The highest BCUT2D eigenvalue weighted by molar-refractivity contribution is 5.98. The fourth-order valence-electron chi connectivity index (χ4n) is 1.00. The molecule has 0 aliphatic heterocycles. The van der Waals surface area contributed by atoms with Crippen molar-refractivity contribution in [2.45, 2.75) is 12.3 Å². The predicted molar refractivity (Wildman–Crippen MR) is 51.9 cm³/mol. The van der Waals surface area contributed by atoms with E-state index in [0.717, 1.165) is 6.20 Å². The standard InChI is InChI=1S/C9H8F5N3O/c10-4-1-5(6(15)16-2-4)7(18)17-3-9(13,14)8(11)12/h1-2,8H,3H2,(H2,15,16)(H,17,18). The van der Waals surface area contributed by atoms with E-state index in [0.29, 0.717) is 6.07 Å². The number of hydrogen-bond donors (Lipinski definition) is 2. The lowest BCUT2D eigenvalue weighted by Gasteiger charge is -2.15. The van der Waals surface area contributed by atoms with E-state index < -0.39 is 42.0 Å². The first kappa shape index (κ1) is 14.1. The normalized spacial score (nSPS) is 11.7. The van der Waals surface area contributed by atoms with E-state index in [2.05, 4.69) is 4.98 Å². The third-order valence-corrected chi connectivity index (χ3v) is 1.93. The average molecular weight is 269 g/mol. The third-order valence-electron chi connectivity index (χ3n) is 1.93. The van der Waals surface area contributed by atoms with E-state index in [-0.39, 0.29) is 0 Å². The summed E-state index contributed by atoms with van der Waals surface area (Å²) in [5, 5.41) is 1.53. The molecule has 0 unspecified atom stereocenters. The van der Waals surface area contributed by atoms with Crippen LogP contribution in [0.25, 0.3) is 0 Å². The van der Waals surface area contributed by atoms with Crippen LogP contribution in [0.1, 0.15) is 10.4 Å². The molecule has 3 N–H and O–H groups in total. The summed E-state index contributed by atoms with van der Waals surface area (Å²) in [5.41, 5.74) is 4.72. The second kappa shape index (κ2) is 5.15. The number of aromatic nitrogens is 1. The van der Waals surface area contributed by atoms with Gasteiger partial charge in [-0.15, -0.1) is 0 Å². The van der Waals surface area contributed by atoms with Gasteiger partial charge in [0.25, 0.3) is 5.91 Å². The largest absolute Gasteiger partial charge is 0.383 e. The molecule has 18 heavy (non-hydrogen) atoms. The first-order chi connectivity index (χ1) is 8.24. The summed E-state index contributed by atoms with van der Waals surface area (Å²) in [6.07, 6.45) is -3.19. The molecule has 0 radical (unpaired) electrons. The van der Waals surface area contributed by atoms with Crippen LogP contribution in [0.15, 0.2) is 12.3 Å². The Bertz CT molecular complexity index is 452. The zero-order valence-electron chi connectivity index (χ0n) is 8.76. The van der Waals surface area contributed by atoms with Crippen molar-refractivity contribution in [3.8, 4) is 0 Å². The summed E-state index contributed by atoms with van der Waals surface area (Å²) in [7, 11) is 0. The molecule has 1 amide bonds. The zero-order chi connectivity index (χ0) is 13.9. The topological polar surface area (TPSA) is 68.0 Å². The summed E-state index contributed by atoms with van der Waals surface area (Å²) in [6.45, 7) is -1.58. The maximum absolute atomic E-state index is 12.7. The Morgan fingerprint density at radius 3 is 2.67 bits per heavy atom. The molecule has 1 rings (SSSR count). The van der Waals surface area contributed by atoms with Crippen molar-refractivity contribution in [1.29, 1.82) is 0 Å². The third kappa shape index (κ3) is 3.28. The van der Waals surface area contributed by atoms with E-state index in [9.17, 15) is 26.7 Å². The number of alkyl halides is 4. The first-order valence-electron chi connectivity index (χ1n) is 4.59. The molecule has 0 aliphatic carbocycles. The summed E-state index contributed by atoms with van der Waals surface area (Å²) in [6, 6.07) is 0.665. The maximum atomic E-state index is 12.7. The summed E-state index contributed by atoms with van der Waals surface area (Å²) in [5.74, 6) is -6.88. The highest BCUT2D eigenvalue weighted by Crippen LogP contribution is 2.21. The van der Waals surface area contributed by atoms with Crippen molar-refractivity contribution in [3.63, 3.8) is 0 Å². The van der Waals surface area contributed by atoms with Crippen LogP contribution in [0, 0.1) is 5.82 Å². The van der Waals surface area contributed by atoms with E-state index >= 15 is 0 Å². The van der Waals surface area contributed by atoms with Crippen LogP contribution in [0.2, 0.25) is 0 Å². The van der Waals surface area contributed by atoms with Gasteiger partial charge in [-0.2, -0.15) is 8.78 Å². The van der Waals surface area contributed by atoms with Gasteiger partial charge in [-0.3, -0.25) is 4.79 Å². The number of amides is 1. The number of nitrogen functional groups attached to an aromatic ring is 1. The number of nitrogens with zero attached hydrogens (tertiary/aromatic N) is 1. The van der Waals surface area contributed by atoms with Gasteiger partial charge in [0.15, 0.2) is 0 Å². The van der Waals surface area contributed by atoms with E-state index in [4.69, 9.17) is 5.73 Å². The fraction of sp³-hybridized carbons (Fsp3) is 0.333. The number of pyridine rings is 1. The molecule has 100 valence electrons. The molecule has 0 aliphatic rings. The average Bonchev–Trinajstić information content (AvgIpc) is 2.29. The molecule has 0 spiro atoms. The molecular formula is C9H8F5N3O. The van der Waals surface area contributed by atoms with Crippen LogP contribution in [0.5, 0.6) is 0 Å². The van der Waals surface area contributed by atoms with Gasteiger partial charge in [0.1, 0.15) is 11.6 Å². The molecule has 0 aromatic carbocycles. The van der Waals surface area contributed by atoms with Gasteiger partial charge in [0, 0.05) is 0 Å². The van der Waals surface area contributed by atoms with Crippen molar-refractivity contribution in [2.24, 2.45) is 0 Å². The van der Waals surface area contributed by atoms with Crippen molar-refractivity contribution in [2.75, 3.05) is 12.3 Å². The molecule has 0 saturated heterocycles. The highest BCUT2D eigenvalue weighted by Gasteiger charge is 2.40. The van der Waals surface area contributed by atoms with E-state index in [1.807, 2.05) is 0 Å². The second-order valence-electron chi connectivity index (χ2n) is 3.33. The van der Waals surface area contributed by atoms with Crippen LogP contribution in [0.3, 0.4) is 0 Å². The molecule has 1 aromatic heterocycles. The lowest BCUT2D eigenvalue weighted by molar-refractivity contribution is -0.123. The van der Waals surface area contributed by atoms with Crippen LogP contribution in [-0.2, 0) is 0 Å². The van der Waals surface area contributed by atoms with Gasteiger partial charge >= 0.3 is 12.3 Å². The Hall–Kier alpha value is -1.93. The van der Waals surface area contributed by atoms with Gasteiger partial charge in [-0.25, -0.2) is 18.2 Å². The van der Waals surface area contributed by atoms with Crippen molar-refractivity contribution < 1.29 is 26.7 Å². The van der Waals surface area contributed by atoms with Gasteiger partial charge in [-0.1, -0.05) is 0 Å². The number of anilines is 1. The number of nitrogens with one attached hydrogen (secondary N) is 1. The minimum Gasteiger partial charge on any atom is -0.383 e. The van der Waals surface area contributed by atoms with E-state index in [1.54, 1.807) is 0 Å². The van der Waals surface area contributed by atoms with Crippen molar-refractivity contribution >= 4 is 11.7 Å². The molecular weight excluding hydrogens is 261 g/mol. The number of carbonyl (C=O) groups is 1. The molecule has 0 saturated carbocycles. The Balaban J connectivity index is 2.75. The smallest absolute Gasteiger partial charge is 0.324 e. The highest BCUT2D eigenvalue weighted by atomic mass is 19.3. The molecule has 1 aromatic rings. The van der Waals surface area contributed by atoms with Gasteiger partial charge < -0.3 is 11.1 Å². The first-order valence-corrected chi connectivity index (χ1v) is 4.59. The predicted octanol–water partition coefficient (Wildman–Crippen LogP) is 1.43. The molecule has 1 heterocycles. The molecule has 9 heteroatoms. The maximum Gasteiger partial charge on any atom is 0.324 e. The number of halogens is 5. The number of rotatable bonds is 4. The van der Waals surface area contributed by atoms with Gasteiger partial charge in [-0.05, 0) is 6.07 Å². The van der Waals surface area contributed by atoms with Crippen molar-refractivity contribution in [1.82, 2.24) is 10.3 Å². The number of carbonyl (C=O) groups excluding carboxylic acids is 1. The van der Waals surface area contributed by atoms with E-state index in [1.165, 1.54) is 5.32 Å². The van der Waals surface area contributed by atoms with Crippen LogP contribution >= 0.6 is 0 Å². The Morgan fingerprint density at radius 2 is 2.11 bits per heavy atom. The second-order valence-corrected chi connectivity index (χ2v) is 3.33. The number of hydrogen-bond acceptors (Lipinski definition) is 3. The van der Waals surface area contributed by atoms with Gasteiger partial charge in [0.05, 0.1) is 18.3 Å². The fourth-order valence-corrected chi connectivity index (χ4v) is 1.00. The van der Waals surface area contributed by atoms with Crippen LogP contribution in [0.4, 0.5) is 27.8 Å². The lowest BCUT2D eigenvalue weighted by atomic mass is 10.2. The van der Waals surface area contributed by atoms with Crippen molar-refractivity contribution in [3.05, 3.63) is 23.6 Å². The minimum absolute atomic E-state index is 0.394. The minimum atomic E-state index is -4.37. The van der Waals surface area contributed by atoms with Crippen LogP contribution < -0.4 is 11.1 Å². The lowest BCUT2D eigenvalue weighted by Crippen LogP contribution is -2.41. The van der Waals surface area contributed by atoms with Gasteiger partial charge in [0.2, 0.25) is 0 Å². The Kier molecular flexibility index (Phi) is 4.04. The molecule has 4 nitrogen and oxygen atoms in total. The summed E-state index contributed by atoms with van der Waals surface area (Å²) in [4.78, 5) is 14.6. The van der Waals surface area contributed by atoms with Crippen LogP contribution in [-0.4, -0.2) is 29.8 Å². The molecule has 0 atom stereocenters. The number of nitrogens with two attached hydrogens (primary N) is 1. The summed E-state index contributed by atoms with van der Waals surface area (Å²) >= 11 is 0.